The van der Waals surface area contributed by atoms with E-state index < -0.39 is 15.8 Å². The number of hydrogen-bond donors (Lipinski definition) is 0. The summed E-state index contributed by atoms with van der Waals surface area (Å²) in [6, 6.07) is 14.7. The predicted octanol–water partition coefficient (Wildman–Crippen LogP) is 2.35. The van der Waals surface area contributed by atoms with Crippen molar-refractivity contribution in [2.75, 3.05) is 32.8 Å². The van der Waals surface area contributed by atoms with Crippen LogP contribution in [0.25, 0.3) is 6.08 Å². The predicted molar refractivity (Wildman–Crippen MR) is 104 cm³/mol. The molecule has 0 aromatic heterocycles. The molecule has 8 heteroatoms. The van der Waals surface area contributed by atoms with Crippen molar-refractivity contribution >= 4 is 22.0 Å². The van der Waals surface area contributed by atoms with Crippen molar-refractivity contribution in [2.45, 2.75) is 0 Å². The minimum absolute atomic E-state index is 0.215. The van der Waals surface area contributed by atoms with Crippen molar-refractivity contribution in [3.05, 3.63) is 71.4 Å². The minimum Gasteiger partial charge on any atom is -0.484 e. The van der Waals surface area contributed by atoms with Crippen LogP contribution in [0.15, 0.2) is 60.0 Å². The summed E-state index contributed by atoms with van der Waals surface area (Å²) in [4.78, 5) is 13.8. The molecule has 3 rings (SSSR count). The summed E-state index contributed by atoms with van der Waals surface area (Å²) in [6.45, 7) is 0.776. The maximum absolute atomic E-state index is 13.1. The van der Waals surface area contributed by atoms with Gasteiger partial charge in [-0.2, -0.15) is 4.31 Å². The van der Waals surface area contributed by atoms with Crippen LogP contribution < -0.4 is 4.74 Å². The standard InChI is InChI=1S/C20H21FN2O4S/c21-18-7-4-8-19(15-18)27-16-20(24)22-10-12-23(13-11-22)28(25,26)14-9-17-5-2-1-3-6-17/h1-9,14-15H,10-13,16H2/b14-9+. The van der Waals surface area contributed by atoms with Crippen molar-refractivity contribution in [3.8, 4) is 5.75 Å². The van der Waals surface area contributed by atoms with E-state index in [9.17, 15) is 17.6 Å². The Bertz CT molecular complexity index is 940. The lowest BCUT2D eigenvalue weighted by molar-refractivity contribution is -0.134. The van der Waals surface area contributed by atoms with Crippen molar-refractivity contribution in [3.63, 3.8) is 0 Å². The van der Waals surface area contributed by atoms with Gasteiger partial charge in [-0.3, -0.25) is 4.79 Å². The molecule has 28 heavy (non-hydrogen) atoms. The minimum atomic E-state index is -3.55. The maximum Gasteiger partial charge on any atom is 0.260 e. The Morgan fingerprint density at radius 3 is 2.43 bits per heavy atom. The zero-order chi connectivity index (χ0) is 20.0. The van der Waals surface area contributed by atoms with Gasteiger partial charge in [0.15, 0.2) is 6.61 Å². The van der Waals surface area contributed by atoms with Crippen LogP contribution in [0.1, 0.15) is 5.56 Å². The van der Waals surface area contributed by atoms with E-state index >= 15 is 0 Å². The molecule has 1 aliphatic rings. The summed E-state index contributed by atoms with van der Waals surface area (Å²) in [5.41, 5.74) is 0.800. The second-order valence-corrected chi connectivity index (χ2v) is 8.10. The first kappa shape index (κ1) is 20.0. The third-order valence-electron chi connectivity index (χ3n) is 4.34. The Labute approximate surface area is 163 Å². The van der Waals surface area contributed by atoms with Crippen LogP contribution in [0.3, 0.4) is 0 Å². The average molecular weight is 404 g/mol. The highest BCUT2D eigenvalue weighted by atomic mass is 32.2. The van der Waals surface area contributed by atoms with E-state index in [1.54, 1.807) is 17.0 Å². The van der Waals surface area contributed by atoms with Crippen LogP contribution in [0.5, 0.6) is 5.75 Å². The Balaban J connectivity index is 1.50. The van der Waals surface area contributed by atoms with Gasteiger partial charge in [0.25, 0.3) is 5.91 Å². The molecule has 0 spiro atoms. The van der Waals surface area contributed by atoms with Gasteiger partial charge in [-0.1, -0.05) is 36.4 Å². The maximum atomic E-state index is 13.1. The normalized spacial score (nSPS) is 15.7. The monoisotopic (exact) mass is 404 g/mol. The molecule has 6 nitrogen and oxygen atoms in total. The number of rotatable bonds is 6. The van der Waals surface area contributed by atoms with Gasteiger partial charge >= 0.3 is 0 Å². The summed E-state index contributed by atoms with van der Waals surface area (Å²) in [5.74, 6) is -0.422. The summed E-state index contributed by atoms with van der Waals surface area (Å²) in [5, 5.41) is 1.19. The number of nitrogens with zero attached hydrogens (tertiary/aromatic N) is 2. The van der Waals surface area contributed by atoms with Crippen LogP contribution in [-0.2, 0) is 14.8 Å². The Kier molecular flexibility index (Phi) is 6.43. The molecule has 2 aromatic carbocycles. The van der Waals surface area contributed by atoms with Gasteiger partial charge in [0.05, 0.1) is 0 Å². The molecule has 1 heterocycles. The highest BCUT2D eigenvalue weighted by molar-refractivity contribution is 7.92. The molecule has 148 valence electrons. The average Bonchev–Trinajstić information content (AvgIpc) is 2.71. The molecule has 1 amide bonds. The SMILES string of the molecule is O=C(COc1cccc(F)c1)N1CCN(S(=O)(=O)/C=C/c2ccccc2)CC1. The summed E-state index contributed by atoms with van der Waals surface area (Å²) in [7, 11) is -3.55. The Morgan fingerprint density at radius 1 is 1.04 bits per heavy atom. The summed E-state index contributed by atoms with van der Waals surface area (Å²) < 4.78 is 44.7. The fourth-order valence-corrected chi connectivity index (χ4v) is 3.97. The first-order valence-corrected chi connectivity index (χ1v) is 10.3. The number of benzene rings is 2. The molecule has 1 aliphatic heterocycles. The smallest absolute Gasteiger partial charge is 0.260 e. The zero-order valence-corrected chi connectivity index (χ0v) is 16.0. The van der Waals surface area contributed by atoms with E-state index in [0.29, 0.717) is 0 Å². The quantitative estimate of drug-likeness (QED) is 0.741. The lowest BCUT2D eigenvalue weighted by Gasteiger charge is -2.33. The molecule has 1 fully saturated rings. The first-order chi connectivity index (χ1) is 13.4. The summed E-state index contributed by atoms with van der Waals surface area (Å²) >= 11 is 0. The number of amides is 1. The Morgan fingerprint density at radius 2 is 1.75 bits per heavy atom. The second-order valence-electron chi connectivity index (χ2n) is 6.28. The van der Waals surface area contributed by atoms with Crippen LogP contribution >= 0.6 is 0 Å². The number of ether oxygens (including phenoxy) is 1. The van der Waals surface area contributed by atoms with Gasteiger partial charge in [-0.25, -0.2) is 12.8 Å². The van der Waals surface area contributed by atoms with Gasteiger partial charge in [0.1, 0.15) is 11.6 Å². The van der Waals surface area contributed by atoms with Gasteiger partial charge in [-0.15, -0.1) is 0 Å². The third kappa shape index (κ3) is 5.40. The molecule has 0 unspecified atom stereocenters. The fourth-order valence-electron chi connectivity index (χ4n) is 2.80. The van der Waals surface area contributed by atoms with Crippen LogP contribution in [0.4, 0.5) is 4.39 Å². The topological polar surface area (TPSA) is 66.9 Å². The number of carbonyl (C=O) groups excluding carboxylic acids is 1. The first-order valence-electron chi connectivity index (χ1n) is 8.83. The Hall–Kier alpha value is -2.71. The second kappa shape index (κ2) is 8.99. The van der Waals surface area contributed by atoms with Crippen LogP contribution in [0, 0.1) is 5.82 Å². The zero-order valence-electron chi connectivity index (χ0n) is 15.2. The van der Waals surface area contributed by atoms with Gasteiger partial charge in [0.2, 0.25) is 10.0 Å². The van der Waals surface area contributed by atoms with E-state index in [4.69, 9.17) is 4.74 Å². The number of sulfonamides is 1. The fraction of sp³-hybridized carbons (Fsp3) is 0.250. The van der Waals surface area contributed by atoms with Gasteiger partial charge in [-0.05, 0) is 23.8 Å². The van der Waals surface area contributed by atoms with Crippen molar-refractivity contribution < 1.29 is 22.3 Å². The van der Waals surface area contributed by atoms with E-state index in [-0.39, 0.29) is 44.4 Å². The van der Waals surface area contributed by atoms with E-state index in [0.717, 1.165) is 5.56 Å². The molecule has 0 atom stereocenters. The van der Waals surface area contributed by atoms with Crippen molar-refractivity contribution in [1.29, 1.82) is 0 Å². The molecule has 0 bridgehead atoms. The van der Waals surface area contributed by atoms with Crippen LogP contribution in [-0.4, -0.2) is 56.3 Å². The molecular formula is C20H21FN2O4S. The highest BCUT2D eigenvalue weighted by Crippen LogP contribution is 2.14. The molecule has 1 saturated heterocycles. The highest BCUT2D eigenvalue weighted by Gasteiger charge is 2.27. The molecule has 2 aromatic rings. The number of piperazine rings is 1. The molecule has 0 aliphatic carbocycles. The van der Waals surface area contributed by atoms with Crippen molar-refractivity contribution in [1.82, 2.24) is 9.21 Å². The lowest BCUT2D eigenvalue weighted by atomic mass is 10.2. The lowest BCUT2D eigenvalue weighted by Crippen LogP contribution is -2.51. The molecular weight excluding hydrogens is 383 g/mol. The van der Waals surface area contributed by atoms with Gasteiger partial charge in [0, 0.05) is 37.7 Å². The van der Waals surface area contributed by atoms with E-state index in [1.807, 2.05) is 30.3 Å². The molecule has 0 radical (unpaired) electrons. The van der Waals surface area contributed by atoms with Crippen molar-refractivity contribution in [2.24, 2.45) is 0 Å². The summed E-state index contributed by atoms with van der Waals surface area (Å²) in [6.07, 6.45) is 1.56. The molecule has 0 N–H and O–H groups in total. The van der Waals surface area contributed by atoms with Gasteiger partial charge < -0.3 is 9.64 Å². The molecule has 0 saturated carbocycles. The number of halogens is 1. The van der Waals surface area contributed by atoms with Crippen LogP contribution in [0.2, 0.25) is 0 Å². The largest absolute Gasteiger partial charge is 0.484 e. The number of hydrogen-bond acceptors (Lipinski definition) is 4. The van der Waals surface area contributed by atoms with E-state index in [1.165, 1.54) is 27.9 Å². The number of carbonyl (C=O) groups is 1. The third-order valence-corrected chi connectivity index (χ3v) is 5.91. The van der Waals surface area contributed by atoms with E-state index in [2.05, 4.69) is 0 Å².